The molecule has 1 heterocycles. The maximum Gasteiger partial charge on any atom is 0.305 e. The number of hydrogen-bond acceptors (Lipinski definition) is 2. The highest BCUT2D eigenvalue weighted by Gasteiger charge is 2.06. The Labute approximate surface area is 114 Å². The molecule has 0 N–H and O–H groups in total. The fourth-order valence-electron chi connectivity index (χ4n) is 1.47. The number of carbonyl (C=O) groups excluding carboxylic acids is 1. The molecule has 1 aromatic rings. The van der Waals surface area contributed by atoms with Crippen molar-refractivity contribution in [2.24, 2.45) is 7.05 Å². The minimum atomic E-state index is -0.101. The third-order valence-corrected chi connectivity index (χ3v) is 2.28. The average Bonchev–Trinajstić information content (AvgIpc) is 2.21. The Bertz CT molecular complexity index is 329. The number of pyridine rings is 1. The predicted molar refractivity (Wildman–Crippen MR) is 57.2 cm³/mol. The summed E-state index contributed by atoms with van der Waals surface area (Å²) < 4.78 is 6.94. The van der Waals surface area contributed by atoms with Crippen LogP contribution >= 0.6 is 0 Å². The molecule has 0 saturated heterocycles. The quantitative estimate of drug-likeness (QED) is 0.369. The number of esters is 1. The molecule has 0 atom stereocenters. The molecule has 0 aromatic carbocycles. The van der Waals surface area contributed by atoms with Crippen molar-refractivity contribution >= 4 is 5.97 Å². The highest BCUT2D eigenvalue weighted by atomic mass is 127. The number of carbonyl (C=O) groups is 1. The van der Waals surface area contributed by atoms with E-state index in [0.29, 0.717) is 13.0 Å². The van der Waals surface area contributed by atoms with Gasteiger partial charge in [-0.3, -0.25) is 4.79 Å². The lowest BCUT2D eigenvalue weighted by molar-refractivity contribution is -0.679. The predicted octanol–water partition coefficient (Wildman–Crippen LogP) is -1.60. The van der Waals surface area contributed by atoms with E-state index in [1.54, 1.807) is 0 Å². The number of rotatable bonds is 5. The molecule has 3 nitrogen and oxygen atoms in total. The lowest BCUT2D eigenvalue weighted by atomic mass is 10.2. The van der Waals surface area contributed by atoms with Crippen molar-refractivity contribution in [3.05, 3.63) is 30.1 Å². The number of halogens is 1. The lowest BCUT2D eigenvalue weighted by Gasteiger charge is -2.01. The molecule has 0 aliphatic heterocycles. The molecular formula is C12H18INO2. The van der Waals surface area contributed by atoms with Crippen LogP contribution in [0.1, 0.15) is 25.5 Å². The summed E-state index contributed by atoms with van der Waals surface area (Å²) >= 11 is 0. The minimum Gasteiger partial charge on any atom is -1.00 e. The third-order valence-electron chi connectivity index (χ3n) is 2.28. The van der Waals surface area contributed by atoms with Gasteiger partial charge in [0.2, 0.25) is 0 Å². The second-order valence-electron chi connectivity index (χ2n) is 3.46. The monoisotopic (exact) mass is 335 g/mol. The van der Waals surface area contributed by atoms with E-state index in [-0.39, 0.29) is 29.9 Å². The second-order valence-corrected chi connectivity index (χ2v) is 3.46. The number of ether oxygens (including phenoxy) is 1. The fraction of sp³-hybridized carbons (Fsp3) is 0.500. The van der Waals surface area contributed by atoms with Crippen LogP contribution < -0.4 is 28.5 Å². The molecular weight excluding hydrogens is 317 g/mol. The zero-order valence-corrected chi connectivity index (χ0v) is 11.9. The Morgan fingerprint density at radius 2 is 2.19 bits per heavy atom. The summed E-state index contributed by atoms with van der Waals surface area (Å²) in [6, 6.07) is 6.08. The van der Waals surface area contributed by atoms with Crippen LogP contribution in [0.15, 0.2) is 24.4 Å². The van der Waals surface area contributed by atoms with E-state index < -0.39 is 0 Å². The number of aromatic nitrogens is 1. The van der Waals surface area contributed by atoms with E-state index in [9.17, 15) is 4.79 Å². The van der Waals surface area contributed by atoms with Gasteiger partial charge in [0, 0.05) is 25.0 Å². The van der Waals surface area contributed by atoms with Crippen molar-refractivity contribution in [2.75, 3.05) is 6.61 Å². The van der Waals surface area contributed by atoms with Gasteiger partial charge in [0.05, 0.1) is 6.61 Å². The van der Waals surface area contributed by atoms with E-state index in [1.165, 1.54) is 5.69 Å². The number of nitrogens with zero attached hydrogens (tertiary/aromatic N) is 1. The highest BCUT2D eigenvalue weighted by Crippen LogP contribution is 2.00. The van der Waals surface area contributed by atoms with E-state index in [1.807, 2.05) is 32.3 Å². The summed E-state index contributed by atoms with van der Waals surface area (Å²) in [6.45, 7) is 2.30. The van der Waals surface area contributed by atoms with Crippen molar-refractivity contribution in [1.29, 1.82) is 0 Å². The first-order chi connectivity index (χ1) is 7.24. The van der Waals surface area contributed by atoms with Crippen LogP contribution in [-0.2, 0) is 23.0 Å². The van der Waals surface area contributed by atoms with Gasteiger partial charge in [-0.15, -0.1) is 0 Å². The Morgan fingerprint density at radius 3 is 2.81 bits per heavy atom. The van der Waals surface area contributed by atoms with Crippen molar-refractivity contribution in [1.82, 2.24) is 0 Å². The van der Waals surface area contributed by atoms with Crippen molar-refractivity contribution in [3.63, 3.8) is 0 Å². The van der Waals surface area contributed by atoms with Gasteiger partial charge in [-0.1, -0.05) is 6.07 Å². The first-order valence-corrected chi connectivity index (χ1v) is 5.33. The highest BCUT2D eigenvalue weighted by molar-refractivity contribution is 5.69. The van der Waals surface area contributed by atoms with E-state index in [2.05, 4.69) is 10.6 Å². The van der Waals surface area contributed by atoms with E-state index >= 15 is 0 Å². The normalized spacial score (nSPS) is 9.38. The van der Waals surface area contributed by atoms with Crippen LogP contribution in [-0.4, -0.2) is 12.6 Å². The van der Waals surface area contributed by atoms with Gasteiger partial charge in [-0.2, -0.15) is 0 Å². The zero-order chi connectivity index (χ0) is 11.1. The lowest BCUT2D eigenvalue weighted by Crippen LogP contribution is -3.00. The maximum absolute atomic E-state index is 11.1. The summed E-state index contributed by atoms with van der Waals surface area (Å²) in [4.78, 5) is 11.1. The molecule has 0 bridgehead atoms. The Morgan fingerprint density at radius 1 is 1.44 bits per heavy atom. The Kier molecular flexibility index (Phi) is 8.15. The fourth-order valence-corrected chi connectivity index (χ4v) is 1.47. The van der Waals surface area contributed by atoms with E-state index in [4.69, 9.17) is 4.74 Å². The van der Waals surface area contributed by atoms with Crippen LogP contribution in [0.5, 0.6) is 0 Å². The second kappa shape index (κ2) is 8.50. The van der Waals surface area contributed by atoms with Gasteiger partial charge in [-0.25, -0.2) is 4.57 Å². The van der Waals surface area contributed by atoms with Crippen molar-refractivity contribution in [3.8, 4) is 0 Å². The molecule has 0 amide bonds. The standard InChI is InChI=1S/C12H18NO2.HI/c1-3-15-12(14)9-6-8-11-7-4-5-10-13(11)2;/h4-5,7,10H,3,6,8-9H2,1-2H3;1H/q+1;/p-1. The van der Waals surface area contributed by atoms with Crippen LogP contribution in [0.4, 0.5) is 0 Å². The van der Waals surface area contributed by atoms with Crippen LogP contribution in [0.2, 0.25) is 0 Å². The summed E-state index contributed by atoms with van der Waals surface area (Å²) in [5, 5.41) is 0. The van der Waals surface area contributed by atoms with Gasteiger partial charge in [-0.05, 0) is 13.3 Å². The summed E-state index contributed by atoms with van der Waals surface area (Å²) in [7, 11) is 2.01. The minimum absolute atomic E-state index is 0. The smallest absolute Gasteiger partial charge is 0.305 e. The molecule has 90 valence electrons. The summed E-state index contributed by atoms with van der Waals surface area (Å²) in [5.41, 5.74) is 1.24. The van der Waals surface area contributed by atoms with Gasteiger partial charge in [0.1, 0.15) is 7.05 Å². The van der Waals surface area contributed by atoms with E-state index in [0.717, 1.165) is 12.8 Å². The van der Waals surface area contributed by atoms with Crippen molar-refractivity contribution < 1.29 is 38.1 Å². The largest absolute Gasteiger partial charge is 1.00 e. The molecule has 0 fully saturated rings. The maximum atomic E-state index is 11.1. The van der Waals surface area contributed by atoms with Crippen LogP contribution in [0, 0.1) is 0 Å². The van der Waals surface area contributed by atoms with Crippen molar-refractivity contribution in [2.45, 2.75) is 26.2 Å². The first-order valence-electron chi connectivity index (χ1n) is 5.33. The average molecular weight is 335 g/mol. The van der Waals surface area contributed by atoms with Gasteiger partial charge in [0.15, 0.2) is 11.9 Å². The molecule has 0 spiro atoms. The van der Waals surface area contributed by atoms with Crippen LogP contribution in [0.25, 0.3) is 0 Å². The number of hydrogen-bond donors (Lipinski definition) is 0. The molecule has 0 aliphatic carbocycles. The zero-order valence-electron chi connectivity index (χ0n) is 9.78. The molecule has 0 aliphatic rings. The molecule has 0 saturated carbocycles. The Balaban J connectivity index is 0.00000225. The molecule has 16 heavy (non-hydrogen) atoms. The summed E-state index contributed by atoms with van der Waals surface area (Å²) in [5.74, 6) is -0.101. The molecule has 0 unspecified atom stereocenters. The molecule has 0 radical (unpaired) electrons. The van der Waals surface area contributed by atoms with Gasteiger partial charge in [0.25, 0.3) is 0 Å². The number of aryl methyl sites for hydroxylation is 2. The first kappa shape index (κ1) is 15.3. The van der Waals surface area contributed by atoms with Gasteiger partial charge >= 0.3 is 5.97 Å². The SMILES string of the molecule is CCOC(=O)CCCc1cccc[n+]1C.[I-]. The third kappa shape index (κ3) is 5.44. The van der Waals surface area contributed by atoms with Crippen LogP contribution in [0.3, 0.4) is 0 Å². The summed E-state index contributed by atoms with van der Waals surface area (Å²) in [6.07, 6.45) is 4.27. The topological polar surface area (TPSA) is 30.2 Å². The molecule has 4 heteroatoms. The Hall–Kier alpha value is -0.650. The molecule has 1 aromatic heterocycles. The van der Waals surface area contributed by atoms with Gasteiger partial charge < -0.3 is 28.7 Å². The molecule has 1 rings (SSSR count).